The van der Waals surface area contributed by atoms with Gasteiger partial charge in [0.25, 0.3) is 5.91 Å². The second-order valence-corrected chi connectivity index (χ2v) is 4.61. The summed E-state index contributed by atoms with van der Waals surface area (Å²) in [5.41, 5.74) is 0.951. The lowest BCUT2D eigenvalue weighted by Crippen LogP contribution is -2.28. The van der Waals surface area contributed by atoms with E-state index >= 15 is 0 Å². The molecular formula is C15H20N2O3. The Kier molecular flexibility index (Phi) is 7.33. The normalized spacial score (nSPS) is 10.0. The van der Waals surface area contributed by atoms with Crippen LogP contribution in [0.15, 0.2) is 18.5 Å². The first-order chi connectivity index (χ1) is 9.65. The zero-order chi connectivity index (χ0) is 14.8. The molecule has 1 aromatic heterocycles. The van der Waals surface area contributed by atoms with Crippen molar-refractivity contribution >= 4 is 5.91 Å². The summed E-state index contributed by atoms with van der Waals surface area (Å²) in [6.45, 7) is 5.49. The van der Waals surface area contributed by atoms with Gasteiger partial charge >= 0.3 is 0 Å². The summed E-state index contributed by atoms with van der Waals surface area (Å²) in [4.78, 5) is 15.9. The number of aliphatic hydroxyl groups excluding tert-OH is 1. The molecule has 0 spiro atoms. The number of hydrogen-bond acceptors (Lipinski definition) is 4. The van der Waals surface area contributed by atoms with Crippen molar-refractivity contribution in [3.63, 3.8) is 0 Å². The number of carbonyl (C=O) groups is 1. The molecule has 2 N–H and O–H groups in total. The number of carbonyl (C=O) groups excluding carboxylic acids is 1. The SMILES string of the molecule is CC(C)COCCNC(=O)c1ccncc1C#CCO. The number of ether oxygens (including phenoxy) is 1. The van der Waals surface area contributed by atoms with Crippen molar-refractivity contribution in [3.05, 3.63) is 29.6 Å². The quantitative estimate of drug-likeness (QED) is 0.596. The largest absolute Gasteiger partial charge is 0.384 e. The van der Waals surface area contributed by atoms with Gasteiger partial charge in [0.1, 0.15) is 6.61 Å². The molecule has 0 aliphatic carbocycles. The molecule has 5 nitrogen and oxygen atoms in total. The first kappa shape index (κ1) is 16.2. The number of amides is 1. The van der Waals surface area contributed by atoms with Crippen LogP contribution in [0.3, 0.4) is 0 Å². The number of pyridine rings is 1. The molecule has 1 heterocycles. The first-order valence-electron chi connectivity index (χ1n) is 6.54. The summed E-state index contributed by atoms with van der Waals surface area (Å²) < 4.78 is 5.39. The molecule has 1 aromatic rings. The van der Waals surface area contributed by atoms with Gasteiger partial charge in [-0.05, 0) is 12.0 Å². The van der Waals surface area contributed by atoms with Gasteiger partial charge in [-0.2, -0.15) is 0 Å². The highest BCUT2D eigenvalue weighted by atomic mass is 16.5. The Morgan fingerprint density at radius 1 is 1.55 bits per heavy atom. The minimum Gasteiger partial charge on any atom is -0.384 e. The third kappa shape index (κ3) is 5.83. The highest BCUT2D eigenvalue weighted by Crippen LogP contribution is 2.05. The van der Waals surface area contributed by atoms with Crippen molar-refractivity contribution < 1.29 is 14.6 Å². The number of aromatic nitrogens is 1. The summed E-state index contributed by atoms with van der Waals surface area (Å²) in [6, 6.07) is 1.60. The van der Waals surface area contributed by atoms with Crippen LogP contribution in [-0.2, 0) is 4.74 Å². The maximum absolute atomic E-state index is 12.0. The Hall–Kier alpha value is -1.90. The lowest BCUT2D eigenvalue weighted by atomic mass is 10.1. The maximum Gasteiger partial charge on any atom is 0.252 e. The third-order valence-electron chi connectivity index (χ3n) is 2.35. The van der Waals surface area contributed by atoms with E-state index in [2.05, 4.69) is 36.0 Å². The smallest absolute Gasteiger partial charge is 0.252 e. The van der Waals surface area contributed by atoms with E-state index in [-0.39, 0.29) is 12.5 Å². The van der Waals surface area contributed by atoms with E-state index in [0.717, 1.165) is 0 Å². The average molecular weight is 276 g/mol. The van der Waals surface area contributed by atoms with E-state index in [1.54, 1.807) is 6.07 Å². The van der Waals surface area contributed by atoms with Gasteiger partial charge in [-0.1, -0.05) is 25.7 Å². The number of rotatable bonds is 6. The molecule has 0 unspecified atom stereocenters. The molecule has 20 heavy (non-hydrogen) atoms. The van der Waals surface area contributed by atoms with Crippen molar-refractivity contribution in [1.82, 2.24) is 10.3 Å². The van der Waals surface area contributed by atoms with Crippen molar-refractivity contribution in [2.75, 3.05) is 26.4 Å². The maximum atomic E-state index is 12.0. The first-order valence-corrected chi connectivity index (χ1v) is 6.54. The van der Waals surface area contributed by atoms with Crippen molar-refractivity contribution in [2.45, 2.75) is 13.8 Å². The monoisotopic (exact) mass is 276 g/mol. The van der Waals surface area contributed by atoms with E-state index in [0.29, 0.717) is 36.8 Å². The number of nitrogens with one attached hydrogen (secondary N) is 1. The summed E-state index contributed by atoms with van der Waals surface area (Å²) in [5.74, 6) is 5.47. The van der Waals surface area contributed by atoms with Crippen LogP contribution in [0.25, 0.3) is 0 Å². The minimum atomic E-state index is -0.251. The highest BCUT2D eigenvalue weighted by Gasteiger charge is 2.09. The van der Waals surface area contributed by atoms with E-state index in [1.807, 2.05) is 0 Å². The van der Waals surface area contributed by atoms with Crippen LogP contribution in [-0.4, -0.2) is 42.4 Å². The van der Waals surface area contributed by atoms with Gasteiger partial charge in [0, 0.05) is 25.5 Å². The molecule has 0 atom stereocenters. The summed E-state index contributed by atoms with van der Waals surface area (Å²) in [7, 11) is 0. The van der Waals surface area contributed by atoms with Crippen molar-refractivity contribution in [3.8, 4) is 11.8 Å². The Balaban J connectivity index is 2.51. The van der Waals surface area contributed by atoms with Crippen LogP contribution >= 0.6 is 0 Å². The minimum absolute atomic E-state index is 0.220. The molecule has 0 aliphatic heterocycles. The molecule has 0 saturated heterocycles. The molecule has 0 aliphatic rings. The number of hydrogen-bond donors (Lipinski definition) is 2. The molecule has 5 heteroatoms. The average Bonchev–Trinajstić information content (AvgIpc) is 2.44. The van der Waals surface area contributed by atoms with Gasteiger partial charge < -0.3 is 15.2 Å². The Labute approximate surface area is 119 Å². The second kappa shape index (κ2) is 9.08. The molecule has 1 rings (SSSR count). The lowest BCUT2D eigenvalue weighted by Gasteiger charge is -2.08. The molecule has 0 aromatic carbocycles. The Bertz CT molecular complexity index is 489. The molecule has 0 bridgehead atoms. The standard InChI is InChI=1S/C15H20N2O3/c1-12(2)11-20-9-7-17-15(19)14-5-6-16-10-13(14)4-3-8-18/h5-6,10,12,18H,7-9,11H2,1-2H3,(H,17,19). The van der Waals surface area contributed by atoms with E-state index in [9.17, 15) is 4.79 Å². The van der Waals surface area contributed by atoms with Gasteiger partial charge in [-0.25, -0.2) is 0 Å². The lowest BCUT2D eigenvalue weighted by molar-refractivity contribution is 0.0886. The van der Waals surface area contributed by atoms with Gasteiger partial charge in [0.15, 0.2) is 0 Å². The summed E-state index contributed by atoms with van der Waals surface area (Å²) in [5, 5.41) is 11.5. The van der Waals surface area contributed by atoms with E-state index in [4.69, 9.17) is 9.84 Å². The fourth-order valence-electron chi connectivity index (χ4n) is 1.48. The van der Waals surface area contributed by atoms with Crippen LogP contribution in [0.1, 0.15) is 29.8 Å². The molecule has 0 fully saturated rings. The van der Waals surface area contributed by atoms with Crippen LogP contribution in [0, 0.1) is 17.8 Å². The highest BCUT2D eigenvalue weighted by molar-refractivity contribution is 5.96. The van der Waals surface area contributed by atoms with Crippen molar-refractivity contribution in [2.24, 2.45) is 5.92 Å². The van der Waals surface area contributed by atoms with Crippen molar-refractivity contribution in [1.29, 1.82) is 0 Å². The molecule has 108 valence electrons. The number of nitrogens with zero attached hydrogens (tertiary/aromatic N) is 1. The molecule has 0 saturated carbocycles. The molecular weight excluding hydrogens is 256 g/mol. The molecule has 0 radical (unpaired) electrons. The zero-order valence-electron chi connectivity index (χ0n) is 11.8. The van der Waals surface area contributed by atoms with Crippen LogP contribution in [0.2, 0.25) is 0 Å². The van der Waals surface area contributed by atoms with Gasteiger partial charge in [0.05, 0.1) is 17.7 Å². The van der Waals surface area contributed by atoms with Crippen LogP contribution < -0.4 is 5.32 Å². The van der Waals surface area contributed by atoms with Gasteiger partial charge in [-0.3, -0.25) is 9.78 Å². The predicted octanol–water partition coefficient (Wildman–Crippen LogP) is 0.828. The zero-order valence-corrected chi connectivity index (χ0v) is 11.8. The van der Waals surface area contributed by atoms with Crippen LogP contribution in [0.5, 0.6) is 0 Å². The van der Waals surface area contributed by atoms with E-state index in [1.165, 1.54) is 12.4 Å². The fourth-order valence-corrected chi connectivity index (χ4v) is 1.48. The van der Waals surface area contributed by atoms with E-state index < -0.39 is 0 Å². The Morgan fingerprint density at radius 2 is 2.35 bits per heavy atom. The Morgan fingerprint density at radius 3 is 3.05 bits per heavy atom. The summed E-state index contributed by atoms with van der Waals surface area (Å²) in [6.07, 6.45) is 3.04. The predicted molar refractivity (Wildman–Crippen MR) is 76.2 cm³/mol. The third-order valence-corrected chi connectivity index (χ3v) is 2.35. The van der Waals surface area contributed by atoms with Gasteiger partial charge in [-0.15, -0.1) is 0 Å². The summed E-state index contributed by atoms with van der Waals surface area (Å²) >= 11 is 0. The van der Waals surface area contributed by atoms with Gasteiger partial charge in [0.2, 0.25) is 0 Å². The molecule has 1 amide bonds. The second-order valence-electron chi connectivity index (χ2n) is 4.61. The topological polar surface area (TPSA) is 71.5 Å². The fraction of sp³-hybridized carbons (Fsp3) is 0.467. The van der Waals surface area contributed by atoms with Crippen LogP contribution in [0.4, 0.5) is 0 Å². The number of aliphatic hydroxyl groups is 1.